The zero-order valence-corrected chi connectivity index (χ0v) is 41.5. The van der Waals surface area contributed by atoms with E-state index in [1.165, 1.54) is 109 Å². The lowest BCUT2D eigenvalue weighted by molar-refractivity contribution is -0.161. The highest BCUT2D eigenvalue weighted by molar-refractivity contribution is 5.70. The fourth-order valence-corrected chi connectivity index (χ4v) is 7.09. The molecule has 364 valence electrons. The van der Waals surface area contributed by atoms with Gasteiger partial charge in [-0.15, -0.1) is 0 Å². The highest BCUT2D eigenvalue weighted by Gasteiger charge is 2.16. The molecule has 0 radical (unpaired) electrons. The summed E-state index contributed by atoms with van der Waals surface area (Å²) >= 11 is 0. The zero-order valence-electron chi connectivity index (χ0n) is 41.5. The van der Waals surface area contributed by atoms with Gasteiger partial charge in [-0.25, -0.2) is 0 Å². The number of hydrogen-bond donors (Lipinski definition) is 1. The molecule has 0 heterocycles. The normalized spacial score (nSPS) is 13.1. The molecule has 0 fully saturated rings. The minimum atomic E-state index is -0.781. The molecule has 1 N–H and O–H groups in total. The Morgan fingerprint density at radius 2 is 0.672 bits per heavy atom. The summed E-state index contributed by atoms with van der Waals surface area (Å²) in [6.45, 7) is 4.00. The van der Waals surface area contributed by atoms with E-state index >= 15 is 0 Å². The van der Waals surface area contributed by atoms with Crippen LogP contribution in [0.1, 0.15) is 232 Å². The number of aliphatic hydroxyl groups is 1. The molecular formula is C59H98O5. The summed E-state index contributed by atoms with van der Waals surface area (Å²) in [5.74, 6) is -0.606. The predicted molar refractivity (Wildman–Crippen MR) is 279 cm³/mol. The van der Waals surface area contributed by atoms with E-state index in [-0.39, 0.29) is 25.2 Å². The summed E-state index contributed by atoms with van der Waals surface area (Å²) in [5.41, 5.74) is 0. The average Bonchev–Trinajstić information content (AvgIpc) is 3.30. The first kappa shape index (κ1) is 60.6. The van der Waals surface area contributed by atoms with Gasteiger partial charge in [0.2, 0.25) is 0 Å². The van der Waals surface area contributed by atoms with Gasteiger partial charge < -0.3 is 14.6 Å². The molecule has 1 unspecified atom stereocenters. The molecule has 0 aromatic heterocycles. The average molecular weight is 887 g/mol. The number of esters is 2. The molecule has 0 aliphatic rings. The number of carbonyl (C=O) groups excluding carboxylic acids is 2. The summed E-state index contributed by atoms with van der Waals surface area (Å²) in [4.78, 5) is 24.4. The van der Waals surface area contributed by atoms with Crippen LogP contribution in [0.5, 0.6) is 0 Å². The molecule has 0 bridgehead atoms. The highest BCUT2D eigenvalue weighted by Crippen LogP contribution is 2.14. The SMILES string of the molecule is CC/C=C\C/C=C\C/C=C\C/C=C\C/C=C\C/C=C\C/C=C\C/C=C\CCCCCCCCCCCCCCC(=O)OC(CO)COC(=O)CCCCCCC/C=C\CCCCCC. The van der Waals surface area contributed by atoms with Gasteiger partial charge in [0.1, 0.15) is 6.61 Å². The summed E-state index contributed by atoms with van der Waals surface area (Å²) in [6.07, 6.45) is 77.6. The monoisotopic (exact) mass is 887 g/mol. The van der Waals surface area contributed by atoms with Crippen molar-refractivity contribution in [1.29, 1.82) is 0 Å². The summed E-state index contributed by atoms with van der Waals surface area (Å²) < 4.78 is 10.6. The maximum Gasteiger partial charge on any atom is 0.306 e. The van der Waals surface area contributed by atoms with E-state index in [0.717, 1.165) is 96.3 Å². The van der Waals surface area contributed by atoms with Crippen molar-refractivity contribution in [3.63, 3.8) is 0 Å². The Labute approximate surface area is 395 Å². The minimum absolute atomic E-state index is 0.0745. The third-order valence-corrected chi connectivity index (χ3v) is 11.1. The topological polar surface area (TPSA) is 72.8 Å². The molecule has 0 saturated carbocycles. The first-order chi connectivity index (χ1) is 31.6. The number of hydrogen-bond acceptors (Lipinski definition) is 5. The molecule has 0 amide bonds. The standard InChI is InChI=1S/C59H98O5/c1-3-5-7-9-11-13-15-17-18-19-20-21-22-23-24-25-26-27-28-29-30-31-32-33-34-35-36-37-38-39-40-42-44-46-48-50-52-54-59(62)64-57(55-60)56-63-58(61)53-51-49-47-45-43-41-16-14-12-10-8-6-4-2/h5,7,11,13-14,16-18,20-21,23-24,26-27,29-30,32-33,57,60H,3-4,6,8-10,12,15,19,22,25,28,31,34-56H2,1-2H3/b7-5-,13-11-,16-14-,18-17-,21-20-,24-23-,27-26-,30-29-,33-32-. The predicted octanol–water partition coefficient (Wildman–Crippen LogP) is 17.7. The number of aliphatic hydroxyl groups excluding tert-OH is 1. The van der Waals surface area contributed by atoms with Crippen molar-refractivity contribution in [3.8, 4) is 0 Å². The zero-order chi connectivity index (χ0) is 46.3. The van der Waals surface area contributed by atoms with Crippen molar-refractivity contribution < 1.29 is 24.2 Å². The molecule has 0 saturated heterocycles. The second-order valence-corrected chi connectivity index (χ2v) is 17.2. The number of ether oxygens (including phenoxy) is 2. The number of rotatable bonds is 47. The molecule has 0 aromatic carbocycles. The summed E-state index contributed by atoms with van der Waals surface area (Å²) in [5, 5.41) is 9.61. The van der Waals surface area contributed by atoms with Gasteiger partial charge in [-0.2, -0.15) is 0 Å². The molecule has 0 aliphatic carbocycles. The maximum absolute atomic E-state index is 12.3. The van der Waals surface area contributed by atoms with Crippen molar-refractivity contribution >= 4 is 11.9 Å². The van der Waals surface area contributed by atoms with Crippen molar-refractivity contribution in [2.75, 3.05) is 13.2 Å². The van der Waals surface area contributed by atoms with Crippen LogP contribution in [0.4, 0.5) is 0 Å². The summed E-state index contributed by atoms with van der Waals surface area (Å²) in [7, 11) is 0. The van der Waals surface area contributed by atoms with Gasteiger partial charge in [0.15, 0.2) is 6.10 Å². The van der Waals surface area contributed by atoms with Crippen LogP contribution in [0, 0.1) is 0 Å². The van der Waals surface area contributed by atoms with Gasteiger partial charge in [-0.05, 0) is 103 Å². The number of allylic oxidation sites excluding steroid dienone is 18. The van der Waals surface area contributed by atoms with Crippen molar-refractivity contribution in [2.24, 2.45) is 0 Å². The van der Waals surface area contributed by atoms with Crippen molar-refractivity contribution in [3.05, 3.63) is 109 Å². The number of unbranched alkanes of at least 4 members (excludes halogenated alkanes) is 21. The van der Waals surface area contributed by atoms with E-state index in [4.69, 9.17) is 9.47 Å². The lowest BCUT2D eigenvalue weighted by Gasteiger charge is -2.15. The van der Waals surface area contributed by atoms with Gasteiger partial charge in [-0.1, -0.05) is 226 Å². The van der Waals surface area contributed by atoms with Crippen LogP contribution in [-0.2, 0) is 19.1 Å². The van der Waals surface area contributed by atoms with Crippen LogP contribution in [-0.4, -0.2) is 36.4 Å². The Hall–Kier alpha value is -3.44. The molecule has 0 rings (SSSR count). The second-order valence-electron chi connectivity index (χ2n) is 17.2. The van der Waals surface area contributed by atoms with Crippen LogP contribution in [0.2, 0.25) is 0 Å². The van der Waals surface area contributed by atoms with Gasteiger partial charge in [0.05, 0.1) is 6.61 Å². The van der Waals surface area contributed by atoms with Gasteiger partial charge in [0.25, 0.3) is 0 Å². The highest BCUT2D eigenvalue weighted by atomic mass is 16.6. The maximum atomic E-state index is 12.3. The van der Waals surface area contributed by atoms with E-state index in [9.17, 15) is 14.7 Å². The third kappa shape index (κ3) is 51.2. The van der Waals surface area contributed by atoms with Crippen LogP contribution in [0.3, 0.4) is 0 Å². The van der Waals surface area contributed by atoms with Crippen LogP contribution < -0.4 is 0 Å². The Bertz CT molecular complexity index is 1280. The number of carbonyl (C=O) groups is 2. The molecule has 5 heteroatoms. The molecule has 64 heavy (non-hydrogen) atoms. The fourth-order valence-electron chi connectivity index (χ4n) is 7.09. The summed E-state index contributed by atoms with van der Waals surface area (Å²) in [6, 6.07) is 0. The first-order valence-electron chi connectivity index (χ1n) is 26.4. The quantitative estimate of drug-likeness (QED) is 0.0374. The van der Waals surface area contributed by atoms with E-state index in [1.807, 2.05) is 0 Å². The van der Waals surface area contributed by atoms with Gasteiger partial charge in [-0.3, -0.25) is 9.59 Å². The molecule has 0 aromatic rings. The van der Waals surface area contributed by atoms with Crippen molar-refractivity contribution in [2.45, 2.75) is 238 Å². The van der Waals surface area contributed by atoms with E-state index in [2.05, 4.69) is 123 Å². The van der Waals surface area contributed by atoms with E-state index in [1.54, 1.807) is 0 Å². The molecular weight excluding hydrogens is 789 g/mol. The minimum Gasteiger partial charge on any atom is -0.462 e. The molecule has 0 aliphatic heterocycles. The Morgan fingerprint density at radius 1 is 0.375 bits per heavy atom. The Morgan fingerprint density at radius 3 is 1.03 bits per heavy atom. The fraction of sp³-hybridized carbons (Fsp3) is 0.661. The lowest BCUT2D eigenvalue weighted by atomic mass is 10.0. The molecule has 0 spiro atoms. The largest absolute Gasteiger partial charge is 0.462 e. The molecule has 5 nitrogen and oxygen atoms in total. The second kappa shape index (κ2) is 53.9. The van der Waals surface area contributed by atoms with Crippen LogP contribution in [0.25, 0.3) is 0 Å². The first-order valence-corrected chi connectivity index (χ1v) is 26.4. The lowest BCUT2D eigenvalue weighted by Crippen LogP contribution is -2.28. The molecule has 1 atom stereocenters. The van der Waals surface area contributed by atoms with E-state index < -0.39 is 6.10 Å². The van der Waals surface area contributed by atoms with Crippen LogP contribution in [0.15, 0.2) is 109 Å². The van der Waals surface area contributed by atoms with Gasteiger partial charge in [0, 0.05) is 12.8 Å². The smallest absolute Gasteiger partial charge is 0.306 e. The Balaban J connectivity index is 3.55. The van der Waals surface area contributed by atoms with E-state index in [0.29, 0.717) is 12.8 Å². The Kier molecular flexibility index (Phi) is 51.0. The van der Waals surface area contributed by atoms with Crippen molar-refractivity contribution in [1.82, 2.24) is 0 Å². The van der Waals surface area contributed by atoms with Gasteiger partial charge >= 0.3 is 11.9 Å². The third-order valence-electron chi connectivity index (χ3n) is 11.1. The van der Waals surface area contributed by atoms with Crippen LogP contribution >= 0.6 is 0 Å².